The van der Waals surface area contributed by atoms with Crippen LogP contribution < -0.4 is 10.6 Å². The second-order valence-electron chi connectivity index (χ2n) is 3.56. The van der Waals surface area contributed by atoms with E-state index in [2.05, 4.69) is 20.6 Å². The van der Waals surface area contributed by atoms with Gasteiger partial charge in [0, 0.05) is 32.5 Å². The van der Waals surface area contributed by atoms with Crippen LogP contribution in [0.15, 0.2) is 12.4 Å². The molecule has 0 aliphatic carbocycles. The van der Waals surface area contributed by atoms with Gasteiger partial charge in [0.05, 0.1) is 0 Å². The van der Waals surface area contributed by atoms with Gasteiger partial charge in [-0.2, -0.15) is 0 Å². The molecule has 2 N–H and O–H groups in total. The highest BCUT2D eigenvalue weighted by Crippen LogP contribution is 2.05. The van der Waals surface area contributed by atoms with Gasteiger partial charge in [0.1, 0.15) is 0 Å². The first-order valence-corrected chi connectivity index (χ1v) is 5.07. The third-order valence-electron chi connectivity index (χ3n) is 1.99. The number of anilines is 1. The van der Waals surface area contributed by atoms with Gasteiger partial charge in [0.15, 0.2) is 11.5 Å². The van der Waals surface area contributed by atoms with E-state index in [1.54, 1.807) is 13.2 Å². The lowest BCUT2D eigenvalue weighted by Crippen LogP contribution is -2.32. The first-order chi connectivity index (χ1) is 7.65. The van der Waals surface area contributed by atoms with Gasteiger partial charge in [-0.1, -0.05) is 0 Å². The maximum Gasteiger partial charge on any atom is 0.273 e. The summed E-state index contributed by atoms with van der Waals surface area (Å²) in [6.45, 7) is 1.38. The minimum atomic E-state index is -0.209. The SMILES string of the molecule is CNc1nccnc1C(=O)NCCN(C)C. The summed E-state index contributed by atoms with van der Waals surface area (Å²) in [5, 5.41) is 5.61. The number of amides is 1. The Morgan fingerprint density at radius 3 is 2.69 bits per heavy atom. The summed E-state index contributed by atoms with van der Waals surface area (Å²) in [4.78, 5) is 21.7. The average molecular weight is 223 g/mol. The third kappa shape index (κ3) is 3.47. The summed E-state index contributed by atoms with van der Waals surface area (Å²) >= 11 is 0. The molecule has 1 aromatic rings. The van der Waals surface area contributed by atoms with Crippen LogP contribution in [0.3, 0.4) is 0 Å². The maximum absolute atomic E-state index is 11.7. The Hall–Kier alpha value is -1.69. The lowest BCUT2D eigenvalue weighted by atomic mass is 10.3. The van der Waals surface area contributed by atoms with Gasteiger partial charge in [-0.3, -0.25) is 4.79 Å². The number of nitrogens with zero attached hydrogens (tertiary/aromatic N) is 3. The molecule has 6 heteroatoms. The summed E-state index contributed by atoms with van der Waals surface area (Å²) in [6.07, 6.45) is 3.05. The Kier molecular flexibility index (Phi) is 4.65. The van der Waals surface area contributed by atoms with Gasteiger partial charge in [-0.05, 0) is 14.1 Å². The summed E-state index contributed by atoms with van der Waals surface area (Å²) in [7, 11) is 5.61. The second kappa shape index (κ2) is 6.02. The van der Waals surface area contributed by atoms with E-state index in [0.717, 1.165) is 6.54 Å². The molecule has 1 heterocycles. The summed E-state index contributed by atoms with van der Waals surface area (Å²) < 4.78 is 0. The molecule has 0 bridgehead atoms. The predicted octanol–water partition coefficient (Wildman–Crippen LogP) is -0.190. The molecule has 6 nitrogen and oxygen atoms in total. The fourth-order valence-electron chi connectivity index (χ4n) is 1.16. The van der Waals surface area contributed by atoms with Crippen molar-refractivity contribution in [1.82, 2.24) is 20.2 Å². The highest BCUT2D eigenvalue weighted by molar-refractivity contribution is 5.96. The van der Waals surface area contributed by atoms with E-state index in [4.69, 9.17) is 0 Å². The zero-order valence-electron chi connectivity index (χ0n) is 9.82. The Bertz CT molecular complexity index is 353. The molecule has 88 valence electrons. The quantitative estimate of drug-likeness (QED) is 0.724. The molecule has 0 unspecified atom stereocenters. The maximum atomic E-state index is 11.7. The number of carbonyl (C=O) groups excluding carboxylic acids is 1. The Morgan fingerprint density at radius 2 is 2.06 bits per heavy atom. The molecular formula is C10H17N5O. The van der Waals surface area contributed by atoms with E-state index in [1.807, 2.05) is 19.0 Å². The Labute approximate surface area is 95.1 Å². The monoisotopic (exact) mass is 223 g/mol. The molecule has 0 aliphatic rings. The van der Waals surface area contributed by atoms with E-state index >= 15 is 0 Å². The number of rotatable bonds is 5. The smallest absolute Gasteiger partial charge is 0.273 e. The Morgan fingerprint density at radius 1 is 1.38 bits per heavy atom. The van der Waals surface area contributed by atoms with Crippen molar-refractivity contribution in [1.29, 1.82) is 0 Å². The molecule has 0 aromatic carbocycles. The van der Waals surface area contributed by atoms with E-state index < -0.39 is 0 Å². The topological polar surface area (TPSA) is 70.1 Å². The van der Waals surface area contributed by atoms with E-state index in [1.165, 1.54) is 6.20 Å². The molecule has 1 amide bonds. The molecule has 0 atom stereocenters. The van der Waals surface area contributed by atoms with Crippen molar-refractivity contribution in [2.24, 2.45) is 0 Å². The highest BCUT2D eigenvalue weighted by atomic mass is 16.1. The number of nitrogens with one attached hydrogen (secondary N) is 2. The van der Waals surface area contributed by atoms with Crippen LogP contribution in [-0.2, 0) is 0 Å². The normalized spacial score (nSPS) is 10.2. The third-order valence-corrected chi connectivity index (χ3v) is 1.99. The van der Waals surface area contributed by atoms with Crippen LogP contribution in [0.2, 0.25) is 0 Å². The van der Waals surface area contributed by atoms with Crippen LogP contribution in [0.25, 0.3) is 0 Å². The highest BCUT2D eigenvalue weighted by Gasteiger charge is 2.12. The molecule has 0 aliphatic heterocycles. The van der Waals surface area contributed by atoms with Crippen LogP contribution >= 0.6 is 0 Å². The molecule has 16 heavy (non-hydrogen) atoms. The number of likely N-dealkylation sites (N-methyl/N-ethyl adjacent to an activating group) is 1. The van der Waals surface area contributed by atoms with Crippen molar-refractivity contribution < 1.29 is 4.79 Å². The number of hydrogen-bond acceptors (Lipinski definition) is 5. The lowest BCUT2D eigenvalue weighted by molar-refractivity contribution is 0.0946. The lowest BCUT2D eigenvalue weighted by Gasteiger charge is -2.11. The zero-order chi connectivity index (χ0) is 12.0. The van der Waals surface area contributed by atoms with Crippen molar-refractivity contribution in [3.05, 3.63) is 18.1 Å². The summed E-state index contributed by atoms with van der Waals surface area (Å²) in [5.41, 5.74) is 0.323. The predicted molar refractivity (Wildman–Crippen MR) is 62.5 cm³/mol. The van der Waals surface area contributed by atoms with Gasteiger partial charge in [0.25, 0.3) is 5.91 Å². The molecule has 0 radical (unpaired) electrons. The number of aromatic nitrogens is 2. The van der Waals surface area contributed by atoms with Crippen molar-refractivity contribution in [3.63, 3.8) is 0 Å². The first-order valence-electron chi connectivity index (χ1n) is 5.07. The van der Waals surface area contributed by atoms with Gasteiger partial charge in [-0.25, -0.2) is 9.97 Å². The molecule has 1 aromatic heterocycles. The van der Waals surface area contributed by atoms with Crippen molar-refractivity contribution in [2.75, 3.05) is 39.5 Å². The fraction of sp³-hybridized carbons (Fsp3) is 0.500. The number of hydrogen-bond donors (Lipinski definition) is 2. The minimum absolute atomic E-state index is 0.209. The van der Waals surface area contributed by atoms with Crippen LogP contribution in [0, 0.1) is 0 Å². The fourth-order valence-corrected chi connectivity index (χ4v) is 1.16. The van der Waals surface area contributed by atoms with E-state index in [-0.39, 0.29) is 5.91 Å². The first kappa shape index (κ1) is 12.4. The Balaban J connectivity index is 2.59. The largest absolute Gasteiger partial charge is 0.371 e. The van der Waals surface area contributed by atoms with Crippen LogP contribution in [-0.4, -0.2) is 55.0 Å². The van der Waals surface area contributed by atoms with E-state index in [0.29, 0.717) is 18.1 Å². The van der Waals surface area contributed by atoms with Gasteiger partial charge in [0.2, 0.25) is 0 Å². The van der Waals surface area contributed by atoms with Gasteiger partial charge < -0.3 is 15.5 Å². The molecule has 0 fully saturated rings. The number of carbonyl (C=O) groups is 1. The van der Waals surface area contributed by atoms with Crippen molar-refractivity contribution in [2.45, 2.75) is 0 Å². The molecule has 0 spiro atoms. The second-order valence-corrected chi connectivity index (χ2v) is 3.56. The zero-order valence-corrected chi connectivity index (χ0v) is 9.82. The van der Waals surface area contributed by atoms with Crippen LogP contribution in [0.4, 0.5) is 5.82 Å². The van der Waals surface area contributed by atoms with Crippen LogP contribution in [0.5, 0.6) is 0 Å². The standard InChI is InChI=1S/C10H17N5O/c1-11-9-8(12-4-5-13-9)10(16)14-6-7-15(2)3/h4-5H,6-7H2,1-3H3,(H,11,13)(H,14,16). The molecular weight excluding hydrogens is 206 g/mol. The summed E-state index contributed by atoms with van der Waals surface area (Å²) in [6, 6.07) is 0. The average Bonchev–Trinajstić information content (AvgIpc) is 2.28. The molecule has 1 rings (SSSR count). The molecule has 0 saturated carbocycles. The molecule has 0 saturated heterocycles. The van der Waals surface area contributed by atoms with Crippen molar-refractivity contribution >= 4 is 11.7 Å². The summed E-state index contributed by atoms with van der Waals surface area (Å²) in [5.74, 6) is 0.282. The van der Waals surface area contributed by atoms with E-state index in [9.17, 15) is 4.79 Å². The van der Waals surface area contributed by atoms with Crippen molar-refractivity contribution in [3.8, 4) is 0 Å². The van der Waals surface area contributed by atoms with Gasteiger partial charge >= 0.3 is 0 Å². The van der Waals surface area contributed by atoms with Gasteiger partial charge in [-0.15, -0.1) is 0 Å². The minimum Gasteiger partial charge on any atom is -0.371 e. The van der Waals surface area contributed by atoms with Crippen LogP contribution in [0.1, 0.15) is 10.5 Å².